The Bertz CT molecular complexity index is 1100. The first kappa shape index (κ1) is 28.9. The highest BCUT2D eigenvalue weighted by Gasteiger charge is 2.40. The Hall–Kier alpha value is -3.30. The van der Waals surface area contributed by atoms with Gasteiger partial charge in [-0.05, 0) is 52.2 Å². The number of carbonyl (C=O) groups excluding carboxylic acids is 3. The topological polar surface area (TPSA) is 93.7 Å². The summed E-state index contributed by atoms with van der Waals surface area (Å²) in [5.41, 5.74) is -0.992. The van der Waals surface area contributed by atoms with E-state index in [-0.39, 0.29) is 22.6 Å². The van der Waals surface area contributed by atoms with Gasteiger partial charge in [-0.2, -0.15) is 13.2 Å². The molecule has 1 unspecified atom stereocenters. The second-order valence-electron chi connectivity index (χ2n) is 9.98. The van der Waals surface area contributed by atoms with Gasteiger partial charge in [0.15, 0.2) is 0 Å². The average Bonchev–Trinajstić information content (AvgIpc) is 2.74. The lowest BCUT2D eigenvalue weighted by Crippen LogP contribution is -2.49. The van der Waals surface area contributed by atoms with E-state index in [1.54, 1.807) is 48.5 Å². The monoisotopic (exact) mass is 510 g/mol. The molecule has 198 valence electrons. The molecule has 1 aliphatic rings. The number of carbonyl (C=O) groups is 3. The molecule has 0 bridgehead atoms. The number of nitrogens with one attached hydrogen (secondary N) is 2. The van der Waals surface area contributed by atoms with Gasteiger partial charge in [0.25, 0.3) is 5.91 Å². The molecule has 36 heavy (non-hydrogen) atoms. The fourth-order valence-corrected chi connectivity index (χ4v) is 3.99. The van der Waals surface area contributed by atoms with Crippen molar-refractivity contribution in [2.24, 2.45) is 5.92 Å². The first-order valence-electron chi connectivity index (χ1n) is 11.5. The van der Waals surface area contributed by atoms with Gasteiger partial charge in [0.05, 0.1) is 24.2 Å². The second kappa shape index (κ2) is 10.8. The van der Waals surface area contributed by atoms with Crippen LogP contribution in [-0.2, 0) is 30.0 Å². The lowest BCUT2D eigenvalue weighted by Gasteiger charge is -2.32. The fraction of sp³-hybridized carbons (Fsp3) is 0.500. The smallest absolute Gasteiger partial charge is 0.416 e. The molecule has 0 aromatic heterocycles. The molecule has 10 heteroatoms. The normalized spacial score (nSPS) is 17.5. The largest absolute Gasteiger partial charge is 0.466 e. The van der Waals surface area contributed by atoms with Crippen LogP contribution in [0.3, 0.4) is 0 Å². The second-order valence-corrected chi connectivity index (χ2v) is 9.98. The van der Waals surface area contributed by atoms with Crippen molar-refractivity contribution in [1.29, 1.82) is 0 Å². The van der Waals surface area contributed by atoms with Gasteiger partial charge in [-0.1, -0.05) is 32.0 Å². The van der Waals surface area contributed by atoms with Crippen LogP contribution in [0.15, 0.2) is 46.8 Å². The maximum atomic E-state index is 13.6. The van der Waals surface area contributed by atoms with Crippen LogP contribution >= 0.6 is 0 Å². The molecule has 1 heterocycles. The number of dihydropyridines is 1. The van der Waals surface area contributed by atoms with E-state index in [1.165, 1.54) is 12.1 Å². The van der Waals surface area contributed by atoms with Gasteiger partial charge >= 0.3 is 18.1 Å². The molecular formula is C26H33F3N2O5. The van der Waals surface area contributed by atoms with Gasteiger partial charge in [-0.25, -0.2) is 9.59 Å². The Morgan fingerprint density at radius 2 is 1.61 bits per heavy atom. The molecule has 1 aliphatic heterocycles. The van der Waals surface area contributed by atoms with Crippen molar-refractivity contribution in [2.75, 3.05) is 7.11 Å². The van der Waals surface area contributed by atoms with Crippen LogP contribution < -0.4 is 10.6 Å². The summed E-state index contributed by atoms with van der Waals surface area (Å²) in [4.78, 5) is 39.2. The van der Waals surface area contributed by atoms with Crippen molar-refractivity contribution >= 4 is 17.8 Å². The molecule has 1 aromatic rings. The predicted molar refractivity (Wildman–Crippen MR) is 127 cm³/mol. The van der Waals surface area contributed by atoms with Crippen molar-refractivity contribution in [3.05, 3.63) is 57.9 Å². The summed E-state index contributed by atoms with van der Waals surface area (Å²) in [6, 6.07) is 3.41. The third-order valence-electron chi connectivity index (χ3n) is 5.57. The van der Waals surface area contributed by atoms with E-state index in [0.717, 1.165) is 19.2 Å². The number of rotatable bonds is 6. The Kier molecular flexibility index (Phi) is 8.65. The molecule has 2 atom stereocenters. The molecule has 0 fully saturated rings. The predicted octanol–water partition coefficient (Wildman–Crippen LogP) is 4.60. The molecule has 1 amide bonds. The molecule has 7 nitrogen and oxygen atoms in total. The quantitative estimate of drug-likeness (QED) is 0.544. The van der Waals surface area contributed by atoms with Gasteiger partial charge < -0.3 is 20.1 Å². The molecule has 0 aliphatic carbocycles. The zero-order valence-corrected chi connectivity index (χ0v) is 21.7. The number of alkyl halides is 3. The van der Waals surface area contributed by atoms with Crippen LogP contribution in [0.1, 0.15) is 65.5 Å². The van der Waals surface area contributed by atoms with E-state index in [0.29, 0.717) is 11.4 Å². The average molecular weight is 511 g/mol. The zero-order chi connectivity index (χ0) is 27.6. The maximum Gasteiger partial charge on any atom is 0.416 e. The number of esters is 2. The van der Waals surface area contributed by atoms with Crippen LogP contribution in [0.25, 0.3) is 0 Å². The van der Waals surface area contributed by atoms with E-state index in [2.05, 4.69) is 10.6 Å². The summed E-state index contributed by atoms with van der Waals surface area (Å²) in [5.74, 6) is -3.70. The fourth-order valence-electron chi connectivity index (χ4n) is 3.99. The van der Waals surface area contributed by atoms with Crippen molar-refractivity contribution in [3.63, 3.8) is 0 Å². The standard InChI is InChI=1S/C26H33F3N2O5/c1-13(2)21(24(34)36-25(5,6)7)31-22(32)18-14(3)30-15(4)19(23(33)35-8)20(18)16-10-9-11-17(12-16)26(27,28)29/h9-13,20-21,30H,1-8H3,(H,31,32)/t20?,21-/m0/s1. The van der Waals surface area contributed by atoms with E-state index in [9.17, 15) is 27.6 Å². The number of benzene rings is 1. The summed E-state index contributed by atoms with van der Waals surface area (Å²) in [6.07, 6.45) is -4.63. The Labute approximate surface area is 209 Å². The summed E-state index contributed by atoms with van der Waals surface area (Å²) < 4.78 is 50.8. The summed E-state index contributed by atoms with van der Waals surface area (Å²) in [6.45, 7) is 11.7. The summed E-state index contributed by atoms with van der Waals surface area (Å²) in [5, 5.41) is 5.62. The third-order valence-corrected chi connectivity index (χ3v) is 5.57. The van der Waals surface area contributed by atoms with Crippen molar-refractivity contribution in [3.8, 4) is 0 Å². The van der Waals surface area contributed by atoms with Crippen LogP contribution in [-0.4, -0.2) is 36.6 Å². The highest BCUT2D eigenvalue weighted by Crippen LogP contribution is 2.40. The van der Waals surface area contributed by atoms with Gasteiger partial charge in [0.2, 0.25) is 0 Å². The van der Waals surface area contributed by atoms with Gasteiger partial charge in [0.1, 0.15) is 11.6 Å². The molecule has 0 saturated heterocycles. The molecule has 2 N–H and O–H groups in total. The van der Waals surface area contributed by atoms with Crippen LogP contribution in [0.2, 0.25) is 0 Å². The van der Waals surface area contributed by atoms with E-state index >= 15 is 0 Å². The Morgan fingerprint density at radius 1 is 1.03 bits per heavy atom. The number of ether oxygens (including phenoxy) is 2. The van der Waals surface area contributed by atoms with Gasteiger partial charge in [-0.3, -0.25) is 4.79 Å². The van der Waals surface area contributed by atoms with Gasteiger partial charge in [-0.15, -0.1) is 0 Å². The Morgan fingerprint density at radius 3 is 2.11 bits per heavy atom. The molecular weight excluding hydrogens is 477 g/mol. The molecule has 0 radical (unpaired) electrons. The van der Waals surface area contributed by atoms with Crippen LogP contribution in [0, 0.1) is 5.92 Å². The maximum absolute atomic E-state index is 13.6. The van der Waals surface area contributed by atoms with Gasteiger partial charge in [0, 0.05) is 17.0 Å². The van der Waals surface area contributed by atoms with E-state index in [1.807, 2.05) is 0 Å². The number of hydrogen-bond acceptors (Lipinski definition) is 6. The number of hydrogen-bond donors (Lipinski definition) is 2. The lowest BCUT2D eigenvalue weighted by molar-refractivity contribution is -0.159. The lowest BCUT2D eigenvalue weighted by atomic mass is 9.79. The molecule has 0 saturated carbocycles. The minimum absolute atomic E-state index is 0.00506. The SMILES string of the molecule is COC(=O)C1=C(C)NC(C)=C(C(=O)N[C@H](C(=O)OC(C)(C)C)C(C)C)C1c1cccc(C(F)(F)F)c1. The molecule has 2 rings (SSSR count). The van der Waals surface area contributed by atoms with E-state index in [4.69, 9.17) is 9.47 Å². The zero-order valence-electron chi connectivity index (χ0n) is 21.7. The van der Waals surface area contributed by atoms with E-state index < -0.39 is 47.1 Å². The van der Waals surface area contributed by atoms with Crippen LogP contribution in [0.5, 0.6) is 0 Å². The minimum Gasteiger partial charge on any atom is -0.466 e. The highest BCUT2D eigenvalue weighted by atomic mass is 19.4. The number of halogens is 3. The Balaban J connectivity index is 2.62. The number of methoxy groups -OCH3 is 1. The summed E-state index contributed by atoms with van der Waals surface area (Å²) >= 11 is 0. The number of allylic oxidation sites excluding steroid dienone is 2. The molecule has 0 spiro atoms. The minimum atomic E-state index is -4.63. The first-order chi connectivity index (χ1) is 16.5. The van der Waals surface area contributed by atoms with Crippen molar-refractivity contribution in [2.45, 2.75) is 72.2 Å². The highest BCUT2D eigenvalue weighted by molar-refractivity contribution is 6.03. The van der Waals surface area contributed by atoms with Crippen molar-refractivity contribution in [1.82, 2.24) is 10.6 Å². The number of amides is 1. The summed E-state index contributed by atoms with van der Waals surface area (Å²) in [7, 11) is 1.15. The molecule has 1 aromatic carbocycles. The third kappa shape index (κ3) is 6.67. The first-order valence-corrected chi connectivity index (χ1v) is 11.5. The van der Waals surface area contributed by atoms with Crippen LogP contribution in [0.4, 0.5) is 13.2 Å². The van der Waals surface area contributed by atoms with Crippen molar-refractivity contribution < 1.29 is 37.0 Å².